The summed E-state index contributed by atoms with van der Waals surface area (Å²) in [6.45, 7) is 4.73. The number of nitrogens with zero attached hydrogens (tertiary/aromatic N) is 2. The molecule has 3 rings (SSSR count). The molecule has 1 aromatic heterocycles. The highest BCUT2D eigenvalue weighted by molar-refractivity contribution is 7.09. The summed E-state index contributed by atoms with van der Waals surface area (Å²) in [5.41, 5.74) is 0. The van der Waals surface area contributed by atoms with Gasteiger partial charge in [-0.1, -0.05) is 13.0 Å². The molecule has 5 heteroatoms. The fourth-order valence-electron chi connectivity index (χ4n) is 3.94. The lowest BCUT2D eigenvalue weighted by molar-refractivity contribution is -0.144. The number of hydrogen-bond acceptors (Lipinski definition) is 3. The zero-order valence-electron chi connectivity index (χ0n) is 15.3. The molecular formula is C20H30N2O2S. The molecule has 2 amide bonds. The van der Waals surface area contributed by atoms with Gasteiger partial charge < -0.3 is 9.80 Å². The van der Waals surface area contributed by atoms with Gasteiger partial charge in [-0.2, -0.15) is 0 Å². The summed E-state index contributed by atoms with van der Waals surface area (Å²) in [5, 5.41) is 2.10. The average molecular weight is 363 g/mol. The molecule has 2 aliphatic heterocycles. The molecular weight excluding hydrogens is 332 g/mol. The second-order valence-corrected chi connectivity index (χ2v) is 8.57. The van der Waals surface area contributed by atoms with Crippen LogP contribution in [0.4, 0.5) is 0 Å². The van der Waals surface area contributed by atoms with Crippen molar-refractivity contribution in [1.29, 1.82) is 0 Å². The van der Waals surface area contributed by atoms with Gasteiger partial charge in [0.2, 0.25) is 11.8 Å². The van der Waals surface area contributed by atoms with Crippen molar-refractivity contribution in [2.45, 2.75) is 64.3 Å². The molecule has 1 atom stereocenters. The zero-order chi connectivity index (χ0) is 17.6. The molecule has 138 valence electrons. The van der Waals surface area contributed by atoms with Crippen LogP contribution in [0.25, 0.3) is 0 Å². The normalized spacial score (nSPS) is 21.7. The van der Waals surface area contributed by atoms with Crippen LogP contribution < -0.4 is 0 Å². The van der Waals surface area contributed by atoms with Crippen LogP contribution in [0.2, 0.25) is 0 Å². The SMILES string of the molecule is CC1CCN(C(=O)[C@@H]2CCCN2C(=O)CCCCc2cccs2)CC1. The van der Waals surface area contributed by atoms with Gasteiger partial charge >= 0.3 is 0 Å². The highest BCUT2D eigenvalue weighted by Gasteiger charge is 2.36. The van der Waals surface area contributed by atoms with Crippen molar-refractivity contribution in [1.82, 2.24) is 9.80 Å². The molecule has 3 heterocycles. The number of piperidine rings is 1. The first kappa shape index (κ1) is 18.4. The highest BCUT2D eigenvalue weighted by atomic mass is 32.1. The van der Waals surface area contributed by atoms with Gasteiger partial charge in [0.25, 0.3) is 0 Å². The van der Waals surface area contributed by atoms with Gasteiger partial charge in [0.05, 0.1) is 0 Å². The van der Waals surface area contributed by atoms with E-state index >= 15 is 0 Å². The lowest BCUT2D eigenvalue weighted by Gasteiger charge is -2.34. The molecule has 0 unspecified atom stereocenters. The van der Waals surface area contributed by atoms with Crippen LogP contribution in [0.3, 0.4) is 0 Å². The Kier molecular flexibility index (Phi) is 6.51. The number of aryl methyl sites for hydroxylation is 1. The third kappa shape index (κ3) is 4.84. The lowest BCUT2D eigenvalue weighted by atomic mass is 9.98. The lowest BCUT2D eigenvalue weighted by Crippen LogP contribution is -2.49. The summed E-state index contributed by atoms with van der Waals surface area (Å²) < 4.78 is 0. The Hall–Kier alpha value is -1.36. The topological polar surface area (TPSA) is 40.6 Å². The standard InChI is InChI=1S/C20H30N2O2S/c1-16-10-13-21(14-11-16)20(24)18-8-4-12-22(18)19(23)9-3-2-6-17-7-5-15-25-17/h5,7,15-16,18H,2-4,6,8-14H2,1H3/t18-/m0/s1. The average Bonchev–Trinajstić information content (AvgIpc) is 3.30. The van der Waals surface area contributed by atoms with Crippen molar-refractivity contribution in [2.24, 2.45) is 5.92 Å². The Morgan fingerprint density at radius 1 is 1.16 bits per heavy atom. The molecule has 4 nitrogen and oxygen atoms in total. The molecule has 0 N–H and O–H groups in total. The second-order valence-electron chi connectivity index (χ2n) is 7.54. The Morgan fingerprint density at radius 2 is 1.96 bits per heavy atom. The highest BCUT2D eigenvalue weighted by Crippen LogP contribution is 2.24. The summed E-state index contributed by atoms with van der Waals surface area (Å²) in [6, 6.07) is 4.03. The fraction of sp³-hybridized carbons (Fsp3) is 0.700. The molecule has 1 aromatic rings. The summed E-state index contributed by atoms with van der Waals surface area (Å²) in [4.78, 5) is 30.7. The number of carbonyl (C=O) groups excluding carboxylic acids is 2. The van der Waals surface area contributed by atoms with Crippen molar-refractivity contribution in [3.05, 3.63) is 22.4 Å². The molecule has 0 radical (unpaired) electrons. The number of unbranched alkanes of at least 4 members (excludes halogenated alkanes) is 1. The van der Waals surface area contributed by atoms with E-state index in [1.54, 1.807) is 11.3 Å². The molecule has 0 aliphatic carbocycles. The summed E-state index contributed by atoms with van der Waals surface area (Å²) in [7, 11) is 0. The first-order valence-electron chi connectivity index (χ1n) is 9.76. The van der Waals surface area contributed by atoms with Gasteiger partial charge in [0.15, 0.2) is 0 Å². The molecule has 0 saturated carbocycles. The Balaban J connectivity index is 1.45. The van der Waals surface area contributed by atoms with Crippen molar-refractivity contribution in [3.63, 3.8) is 0 Å². The number of amides is 2. The molecule has 0 aromatic carbocycles. The summed E-state index contributed by atoms with van der Waals surface area (Å²) in [5.74, 6) is 1.08. The van der Waals surface area contributed by atoms with E-state index in [-0.39, 0.29) is 17.9 Å². The molecule has 0 spiro atoms. The van der Waals surface area contributed by atoms with Gasteiger partial charge in [-0.05, 0) is 62.3 Å². The van der Waals surface area contributed by atoms with Crippen LogP contribution in [0.15, 0.2) is 17.5 Å². The Labute approximate surface area is 155 Å². The van der Waals surface area contributed by atoms with Crippen molar-refractivity contribution < 1.29 is 9.59 Å². The van der Waals surface area contributed by atoms with Gasteiger partial charge in [0, 0.05) is 30.9 Å². The minimum absolute atomic E-state index is 0.174. The Bertz CT molecular complexity index is 564. The monoisotopic (exact) mass is 362 g/mol. The van der Waals surface area contributed by atoms with Gasteiger partial charge in [-0.3, -0.25) is 9.59 Å². The minimum atomic E-state index is -0.196. The maximum absolute atomic E-state index is 12.8. The second kappa shape index (κ2) is 8.84. The molecule has 2 fully saturated rings. The van der Waals surface area contributed by atoms with E-state index in [2.05, 4.69) is 24.4 Å². The number of hydrogen-bond donors (Lipinski definition) is 0. The molecule has 2 aliphatic rings. The van der Waals surface area contributed by atoms with Gasteiger partial charge in [-0.15, -0.1) is 11.3 Å². The van der Waals surface area contributed by atoms with E-state index < -0.39 is 0 Å². The predicted molar refractivity (Wildman–Crippen MR) is 102 cm³/mol. The van der Waals surface area contributed by atoms with E-state index in [0.29, 0.717) is 12.3 Å². The van der Waals surface area contributed by atoms with Crippen molar-refractivity contribution in [3.8, 4) is 0 Å². The van der Waals surface area contributed by atoms with E-state index in [0.717, 1.165) is 64.6 Å². The quantitative estimate of drug-likeness (QED) is 0.724. The largest absolute Gasteiger partial charge is 0.341 e. The third-order valence-electron chi connectivity index (χ3n) is 5.60. The van der Waals surface area contributed by atoms with Crippen LogP contribution >= 0.6 is 11.3 Å². The number of rotatable bonds is 6. The Morgan fingerprint density at radius 3 is 2.68 bits per heavy atom. The van der Waals surface area contributed by atoms with Gasteiger partial charge in [-0.25, -0.2) is 0 Å². The first-order chi connectivity index (χ1) is 12.1. The smallest absolute Gasteiger partial charge is 0.245 e. The molecule has 0 bridgehead atoms. The number of likely N-dealkylation sites (tertiary alicyclic amines) is 2. The van der Waals surface area contributed by atoms with Crippen LogP contribution in [0, 0.1) is 5.92 Å². The number of thiophene rings is 1. The van der Waals surface area contributed by atoms with Crippen molar-refractivity contribution in [2.75, 3.05) is 19.6 Å². The fourth-order valence-corrected chi connectivity index (χ4v) is 4.69. The van der Waals surface area contributed by atoms with Crippen LogP contribution in [0.1, 0.15) is 56.7 Å². The maximum Gasteiger partial charge on any atom is 0.245 e. The molecule has 25 heavy (non-hydrogen) atoms. The van der Waals surface area contributed by atoms with E-state index in [4.69, 9.17) is 0 Å². The predicted octanol–water partition coefficient (Wildman–Crippen LogP) is 3.71. The van der Waals surface area contributed by atoms with Crippen LogP contribution in [0.5, 0.6) is 0 Å². The zero-order valence-corrected chi connectivity index (χ0v) is 16.1. The minimum Gasteiger partial charge on any atom is -0.341 e. The molecule has 2 saturated heterocycles. The van der Waals surface area contributed by atoms with E-state index in [1.807, 2.05) is 9.80 Å². The third-order valence-corrected chi connectivity index (χ3v) is 6.53. The van der Waals surface area contributed by atoms with E-state index in [1.165, 1.54) is 4.88 Å². The van der Waals surface area contributed by atoms with E-state index in [9.17, 15) is 9.59 Å². The number of carbonyl (C=O) groups is 2. The first-order valence-corrected chi connectivity index (χ1v) is 10.6. The van der Waals surface area contributed by atoms with Gasteiger partial charge in [0.1, 0.15) is 6.04 Å². The van der Waals surface area contributed by atoms with Crippen molar-refractivity contribution >= 4 is 23.2 Å². The maximum atomic E-state index is 12.8. The van der Waals surface area contributed by atoms with Crippen LogP contribution in [-0.4, -0.2) is 47.3 Å². The summed E-state index contributed by atoms with van der Waals surface area (Å²) >= 11 is 1.78. The van der Waals surface area contributed by atoms with Crippen LogP contribution in [-0.2, 0) is 16.0 Å². The summed E-state index contributed by atoms with van der Waals surface area (Å²) in [6.07, 6.45) is 7.57.